The molecule has 0 aliphatic carbocycles. The van der Waals surface area contributed by atoms with Crippen molar-refractivity contribution in [3.63, 3.8) is 0 Å². The van der Waals surface area contributed by atoms with Crippen LogP contribution >= 0.6 is 0 Å². The minimum absolute atomic E-state index is 0.0598. The second-order valence-corrected chi connectivity index (χ2v) is 6.51. The fourth-order valence-corrected chi connectivity index (χ4v) is 3.00. The Morgan fingerprint density at radius 1 is 1.44 bits per heavy atom. The van der Waals surface area contributed by atoms with E-state index in [4.69, 9.17) is 0 Å². The van der Waals surface area contributed by atoms with Crippen LogP contribution in [0.1, 0.15) is 26.2 Å². The van der Waals surface area contributed by atoms with E-state index in [-0.39, 0.29) is 18.2 Å². The van der Waals surface area contributed by atoms with Gasteiger partial charge in [0.05, 0.1) is 5.75 Å². The zero-order valence-electron chi connectivity index (χ0n) is 10.9. The Kier molecular flexibility index (Phi) is 6.59. The number of carbonyl (C=O) groups is 1. The summed E-state index contributed by atoms with van der Waals surface area (Å²) in [6, 6.07) is 0. The van der Waals surface area contributed by atoms with Gasteiger partial charge < -0.3 is 10.6 Å². The monoisotopic (exact) mass is 277 g/mol. The van der Waals surface area contributed by atoms with Crippen molar-refractivity contribution >= 4 is 15.9 Å². The molecule has 0 aromatic heterocycles. The number of amides is 1. The zero-order valence-corrected chi connectivity index (χ0v) is 11.7. The summed E-state index contributed by atoms with van der Waals surface area (Å²) < 4.78 is 25.0. The van der Waals surface area contributed by atoms with Crippen molar-refractivity contribution in [2.75, 3.05) is 31.9 Å². The summed E-state index contributed by atoms with van der Waals surface area (Å²) in [5, 5.41) is 5.91. The molecule has 1 unspecified atom stereocenters. The fraction of sp³-hybridized carbons (Fsp3) is 0.909. The third-order valence-corrected chi connectivity index (χ3v) is 4.40. The van der Waals surface area contributed by atoms with Gasteiger partial charge in [-0.3, -0.25) is 4.79 Å². The Balaban J connectivity index is 2.16. The van der Waals surface area contributed by atoms with E-state index in [9.17, 15) is 13.2 Å². The molecule has 1 aliphatic heterocycles. The molecule has 0 saturated carbocycles. The van der Waals surface area contributed by atoms with Gasteiger partial charge in [-0.2, -0.15) is 0 Å². The van der Waals surface area contributed by atoms with Crippen molar-refractivity contribution in [2.24, 2.45) is 5.92 Å². The molecule has 1 fully saturated rings. The largest absolute Gasteiger partial charge is 0.355 e. The first-order valence-corrected chi connectivity index (χ1v) is 8.13. The molecule has 18 heavy (non-hydrogen) atoms. The standard InChI is InChI=1S/C11H23N3O3S/c1-2-14-18(16,17)7-6-13-11(15)8-10-4-3-5-12-9-10/h10,12,14H,2-9H2,1H3,(H,13,15). The van der Waals surface area contributed by atoms with E-state index in [0.29, 0.717) is 18.9 Å². The highest BCUT2D eigenvalue weighted by atomic mass is 32.2. The van der Waals surface area contributed by atoms with Crippen LogP contribution in [0.25, 0.3) is 0 Å². The first kappa shape index (κ1) is 15.4. The topological polar surface area (TPSA) is 87.3 Å². The molecule has 106 valence electrons. The lowest BCUT2D eigenvalue weighted by Crippen LogP contribution is -2.37. The lowest BCUT2D eigenvalue weighted by atomic mass is 9.96. The summed E-state index contributed by atoms with van der Waals surface area (Å²) in [4.78, 5) is 11.6. The third-order valence-electron chi connectivity index (χ3n) is 2.93. The predicted octanol–water partition coefficient (Wildman–Crippen LogP) is -0.568. The third kappa shape index (κ3) is 6.32. The van der Waals surface area contributed by atoms with Gasteiger partial charge in [-0.15, -0.1) is 0 Å². The maximum atomic E-state index is 11.6. The van der Waals surface area contributed by atoms with Gasteiger partial charge in [0.25, 0.3) is 0 Å². The Labute approximate surface area is 109 Å². The van der Waals surface area contributed by atoms with Crippen molar-refractivity contribution in [1.29, 1.82) is 0 Å². The Hall–Kier alpha value is -0.660. The van der Waals surface area contributed by atoms with Crippen LogP contribution in [-0.2, 0) is 14.8 Å². The van der Waals surface area contributed by atoms with Gasteiger partial charge in [-0.05, 0) is 31.8 Å². The molecule has 1 saturated heterocycles. The quantitative estimate of drug-likeness (QED) is 0.582. The van der Waals surface area contributed by atoms with Crippen LogP contribution in [0.5, 0.6) is 0 Å². The van der Waals surface area contributed by atoms with E-state index >= 15 is 0 Å². The number of carbonyl (C=O) groups excluding carboxylic acids is 1. The molecule has 1 aliphatic rings. The second-order valence-electron chi connectivity index (χ2n) is 4.58. The van der Waals surface area contributed by atoms with Crippen molar-refractivity contribution in [1.82, 2.24) is 15.4 Å². The molecule has 6 nitrogen and oxygen atoms in total. The van der Waals surface area contributed by atoms with Crippen molar-refractivity contribution < 1.29 is 13.2 Å². The molecular formula is C11H23N3O3S. The summed E-state index contributed by atoms with van der Waals surface area (Å²) >= 11 is 0. The molecule has 1 atom stereocenters. The number of rotatable bonds is 7. The normalized spacial score (nSPS) is 20.6. The van der Waals surface area contributed by atoms with Crippen LogP contribution < -0.4 is 15.4 Å². The summed E-state index contributed by atoms with van der Waals surface area (Å²) in [5.41, 5.74) is 0. The molecule has 1 rings (SSSR count). The maximum absolute atomic E-state index is 11.6. The van der Waals surface area contributed by atoms with E-state index in [0.717, 1.165) is 25.9 Å². The molecule has 1 heterocycles. The van der Waals surface area contributed by atoms with Gasteiger partial charge in [0.1, 0.15) is 0 Å². The number of nitrogens with one attached hydrogen (secondary N) is 3. The van der Waals surface area contributed by atoms with Gasteiger partial charge in [-0.25, -0.2) is 13.1 Å². The summed E-state index contributed by atoms with van der Waals surface area (Å²) in [6.07, 6.45) is 2.65. The SMILES string of the molecule is CCNS(=O)(=O)CCNC(=O)CC1CCCNC1. The summed E-state index contributed by atoms with van der Waals surface area (Å²) in [7, 11) is -3.24. The smallest absolute Gasteiger partial charge is 0.220 e. The summed E-state index contributed by atoms with van der Waals surface area (Å²) in [5.74, 6) is 0.259. The van der Waals surface area contributed by atoms with Crippen LogP contribution in [0, 0.1) is 5.92 Å². The highest BCUT2D eigenvalue weighted by Gasteiger charge is 2.17. The molecule has 0 spiro atoms. The maximum Gasteiger partial charge on any atom is 0.220 e. The molecule has 0 aromatic rings. The number of hydrogen-bond acceptors (Lipinski definition) is 4. The Morgan fingerprint density at radius 3 is 2.83 bits per heavy atom. The van der Waals surface area contributed by atoms with Gasteiger partial charge >= 0.3 is 0 Å². The second kappa shape index (κ2) is 7.70. The first-order chi connectivity index (χ1) is 8.53. The van der Waals surface area contributed by atoms with Crippen LogP contribution in [0.15, 0.2) is 0 Å². The minimum atomic E-state index is -3.24. The molecule has 7 heteroatoms. The Morgan fingerprint density at radius 2 is 2.22 bits per heavy atom. The number of piperidine rings is 1. The lowest BCUT2D eigenvalue weighted by molar-refractivity contribution is -0.122. The van der Waals surface area contributed by atoms with E-state index in [2.05, 4.69) is 15.4 Å². The summed E-state index contributed by atoms with van der Waals surface area (Å²) in [6.45, 7) is 4.19. The molecule has 3 N–H and O–H groups in total. The molecular weight excluding hydrogens is 254 g/mol. The van der Waals surface area contributed by atoms with Gasteiger partial charge in [-0.1, -0.05) is 6.92 Å². The van der Waals surface area contributed by atoms with Crippen molar-refractivity contribution in [3.8, 4) is 0 Å². The van der Waals surface area contributed by atoms with Gasteiger partial charge in [0, 0.05) is 19.5 Å². The molecule has 0 aromatic carbocycles. The van der Waals surface area contributed by atoms with Crippen molar-refractivity contribution in [3.05, 3.63) is 0 Å². The van der Waals surface area contributed by atoms with Crippen LogP contribution in [0.2, 0.25) is 0 Å². The highest BCUT2D eigenvalue weighted by molar-refractivity contribution is 7.89. The Bertz CT molecular complexity index is 351. The van der Waals surface area contributed by atoms with Crippen LogP contribution in [0.4, 0.5) is 0 Å². The predicted molar refractivity (Wildman–Crippen MR) is 70.7 cm³/mol. The first-order valence-electron chi connectivity index (χ1n) is 6.48. The number of sulfonamides is 1. The highest BCUT2D eigenvalue weighted by Crippen LogP contribution is 2.13. The van der Waals surface area contributed by atoms with Gasteiger partial charge in [0.15, 0.2) is 0 Å². The van der Waals surface area contributed by atoms with E-state index in [1.807, 2.05) is 0 Å². The molecule has 1 amide bonds. The average molecular weight is 277 g/mol. The van der Waals surface area contributed by atoms with E-state index in [1.54, 1.807) is 6.92 Å². The van der Waals surface area contributed by atoms with Crippen molar-refractivity contribution in [2.45, 2.75) is 26.2 Å². The molecule has 0 bridgehead atoms. The minimum Gasteiger partial charge on any atom is -0.355 e. The van der Waals surface area contributed by atoms with Crippen LogP contribution in [0.3, 0.4) is 0 Å². The van der Waals surface area contributed by atoms with E-state index < -0.39 is 10.0 Å². The van der Waals surface area contributed by atoms with Gasteiger partial charge in [0.2, 0.25) is 15.9 Å². The average Bonchev–Trinajstić information content (AvgIpc) is 2.29. The fourth-order valence-electron chi connectivity index (χ4n) is 2.05. The lowest BCUT2D eigenvalue weighted by Gasteiger charge is -2.22. The molecule has 0 radical (unpaired) electrons. The zero-order chi connectivity index (χ0) is 13.4. The van der Waals surface area contributed by atoms with Crippen LogP contribution in [-0.4, -0.2) is 46.3 Å². The number of hydrogen-bond donors (Lipinski definition) is 3. The van der Waals surface area contributed by atoms with E-state index in [1.165, 1.54) is 0 Å².